The monoisotopic (exact) mass is 284 g/mol. The van der Waals surface area contributed by atoms with E-state index < -0.39 is 6.04 Å². The lowest BCUT2D eigenvalue weighted by atomic mass is 10.0. The molecular formula is C17H17FN2O. The third-order valence-corrected chi connectivity index (χ3v) is 3.08. The third kappa shape index (κ3) is 4.04. The summed E-state index contributed by atoms with van der Waals surface area (Å²) < 4.78 is 18.5. The fraction of sp³-hybridized carbons (Fsp3) is 0.235. The highest BCUT2D eigenvalue weighted by atomic mass is 19.1. The number of benzene rings is 2. The number of ether oxygens (including phenoxy) is 1. The first-order chi connectivity index (χ1) is 10.1. The summed E-state index contributed by atoms with van der Waals surface area (Å²) in [5, 5.41) is 12.4. The van der Waals surface area contributed by atoms with Gasteiger partial charge in [-0.25, -0.2) is 4.39 Å². The lowest BCUT2D eigenvalue weighted by Crippen LogP contribution is -2.09. The molecule has 0 aliphatic heterocycles. The largest absolute Gasteiger partial charge is 0.380 e. The fourth-order valence-electron chi connectivity index (χ4n) is 2.21. The van der Waals surface area contributed by atoms with Crippen LogP contribution in [0.1, 0.15) is 22.7 Å². The first kappa shape index (κ1) is 15.0. The summed E-state index contributed by atoms with van der Waals surface area (Å²) in [6, 6.07) is 13.9. The summed E-state index contributed by atoms with van der Waals surface area (Å²) in [5.41, 5.74) is 3.22. The minimum Gasteiger partial charge on any atom is -0.380 e. The zero-order chi connectivity index (χ0) is 15.2. The average molecular weight is 284 g/mol. The van der Waals surface area contributed by atoms with Crippen LogP contribution in [0.4, 0.5) is 10.1 Å². The van der Waals surface area contributed by atoms with Gasteiger partial charge in [-0.15, -0.1) is 0 Å². The Morgan fingerprint density at radius 3 is 2.76 bits per heavy atom. The zero-order valence-electron chi connectivity index (χ0n) is 12.1. The van der Waals surface area contributed by atoms with Crippen molar-refractivity contribution in [2.75, 3.05) is 12.4 Å². The van der Waals surface area contributed by atoms with E-state index in [9.17, 15) is 9.65 Å². The van der Waals surface area contributed by atoms with Gasteiger partial charge in [0.05, 0.1) is 12.7 Å². The summed E-state index contributed by atoms with van der Waals surface area (Å²) in [4.78, 5) is 0. The topological polar surface area (TPSA) is 45.0 Å². The van der Waals surface area contributed by atoms with Gasteiger partial charge in [-0.1, -0.05) is 24.3 Å². The predicted molar refractivity (Wildman–Crippen MR) is 80.3 cm³/mol. The van der Waals surface area contributed by atoms with E-state index in [1.54, 1.807) is 7.11 Å². The van der Waals surface area contributed by atoms with E-state index in [4.69, 9.17) is 4.74 Å². The number of nitrogens with one attached hydrogen (secondary N) is 1. The second-order valence-electron chi connectivity index (χ2n) is 4.90. The Morgan fingerprint density at radius 2 is 2.10 bits per heavy atom. The number of rotatable bonds is 5. The summed E-state index contributed by atoms with van der Waals surface area (Å²) in [6.45, 7) is 2.31. The van der Waals surface area contributed by atoms with Crippen molar-refractivity contribution < 1.29 is 9.13 Å². The Bertz CT molecular complexity index is 644. The summed E-state index contributed by atoms with van der Waals surface area (Å²) >= 11 is 0. The van der Waals surface area contributed by atoms with Gasteiger partial charge in [-0.3, -0.25) is 0 Å². The molecule has 0 amide bonds. The Kier molecular flexibility index (Phi) is 4.91. The Hall–Kier alpha value is -2.38. The maximum absolute atomic E-state index is 13.4. The van der Waals surface area contributed by atoms with Crippen molar-refractivity contribution in [1.82, 2.24) is 0 Å². The molecule has 0 aliphatic carbocycles. The summed E-state index contributed by atoms with van der Waals surface area (Å²) in [6.07, 6.45) is 0. The highest BCUT2D eigenvalue weighted by molar-refractivity contribution is 5.50. The number of hydrogen-bond donors (Lipinski definition) is 1. The predicted octanol–water partition coefficient (Wildman–Crippen LogP) is 3.96. The van der Waals surface area contributed by atoms with Gasteiger partial charge in [0.15, 0.2) is 0 Å². The second kappa shape index (κ2) is 6.87. The average Bonchev–Trinajstić information content (AvgIpc) is 2.44. The molecule has 2 aromatic rings. The van der Waals surface area contributed by atoms with Crippen molar-refractivity contribution >= 4 is 5.69 Å². The number of methoxy groups -OCH3 is 1. The number of halogens is 1. The highest BCUT2D eigenvalue weighted by Gasteiger charge is 2.11. The lowest BCUT2D eigenvalue weighted by Gasteiger charge is -2.15. The first-order valence-electron chi connectivity index (χ1n) is 6.63. The van der Waals surface area contributed by atoms with Crippen LogP contribution in [0, 0.1) is 24.1 Å². The normalized spacial score (nSPS) is 11.7. The second-order valence-corrected chi connectivity index (χ2v) is 4.90. The molecule has 108 valence electrons. The molecule has 3 nitrogen and oxygen atoms in total. The highest BCUT2D eigenvalue weighted by Crippen LogP contribution is 2.22. The van der Waals surface area contributed by atoms with Gasteiger partial charge in [0.25, 0.3) is 0 Å². The van der Waals surface area contributed by atoms with Gasteiger partial charge >= 0.3 is 0 Å². The van der Waals surface area contributed by atoms with Crippen LogP contribution in [0.2, 0.25) is 0 Å². The SMILES string of the molecule is COCc1cccc(C(C#N)Nc2cc(C)cc(F)c2)c1. The van der Waals surface area contributed by atoms with E-state index in [-0.39, 0.29) is 5.82 Å². The van der Waals surface area contributed by atoms with Crippen LogP contribution < -0.4 is 5.32 Å². The Balaban J connectivity index is 2.23. The van der Waals surface area contributed by atoms with Gasteiger partial charge in [0.1, 0.15) is 11.9 Å². The van der Waals surface area contributed by atoms with E-state index in [1.165, 1.54) is 12.1 Å². The van der Waals surface area contributed by atoms with Crippen LogP contribution in [0.3, 0.4) is 0 Å². The molecule has 0 fully saturated rings. The molecule has 0 heterocycles. The van der Waals surface area contributed by atoms with Crippen LogP contribution in [-0.2, 0) is 11.3 Å². The van der Waals surface area contributed by atoms with Crippen LogP contribution >= 0.6 is 0 Å². The molecule has 0 saturated heterocycles. The maximum Gasteiger partial charge on any atom is 0.140 e. The number of nitrogens with zero attached hydrogens (tertiary/aromatic N) is 1. The Morgan fingerprint density at radius 1 is 1.29 bits per heavy atom. The minimum atomic E-state index is -0.539. The van der Waals surface area contributed by atoms with Gasteiger partial charge in [0, 0.05) is 12.8 Å². The summed E-state index contributed by atoms with van der Waals surface area (Å²) in [7, 11) is 1.63. The van der Waals surface area contributed by atoms with Crippen molar-refractivity contribution in [1.29, 1.82) is 5.26 Å². The zero-order valence-corrected chi connectivity index (χ0v) is 12.1. The molecule has 4 heteroatoms. The molecule has 0 radical (unpaired) electrons. The van der Waals surface area contributed by atoms with E-state index in [1.807, 2.05) is 37.3 Å². The van der Waals surface area contributed by atoms with Crippen LogP contribution in [0.15, 0.2) is 42.5 Å². The summed E-state index contributed by atoms with van der Waals surface area (Å²) in [5.74, 6) is -0.317. The fourth-order valence-corrected chi connectivity index (χ4v) is 2.21. The quantitative estimate of drug-likeness (QED) is 0.904. The Labute approximate surface area is 124 Å². The van der Waals surface area contributed by atoms with Crippen molar-refractivity contribution in [3.8, 4) is 6.07 Å². The van der Waals surface area contributed by atoms with Gasteiger partial charge in [0.2, 0.25) is 0 Å². The van der Waals surface area contributed by atoms with Gasteiger partial charge in [-0.05, 0) is 41.8 Å². The molecule has 1 atom stereocenters. The number of hydrogen-bond acceptors (Lipinski definition) is 3. The minimum absolute atomic E-state index is 0.317. The number of anilines is 1. The molecule has 0 saturated carbocycles. The maximum atomic E-state index is 13.4. The van der Waals surface area contributed by atoms with Crippen molar-refractivity contribution in [2.45, 2.75) is 19.6 Å². The van der Waals surface area contributed by atoms with Crippen molar-refractivity contribution in [2.24, 2.45) is 0 Å². The standard InChI is InChI=1S/C17H17FN2O/c1-12-6-15(18)9-16(7-12)20-17(10-19)14-5-3-4-13(8-14)11-21-2/h3-9,17,20H,11H2,1-2H3. The van der Waals surface area contributed by atoms with Crippen LogP contribution in [0.5, 0.6) is 0 Å². The van der Waals surface area contributed by atoms with Crippen molar-refractivity contribution in [3.05, 3.63) is 65.0 Å². The molecule has 2 aromatic carbocycles. The van der Waals surface area contributed by atoms with Crippen molar-refractivity contribution in [3.63, 3.8) is 0 Å². The number of aryl methyl sites for hydroxylation is 1. The molecule has 0 bridgehead atoms. The van der Waals surface area contributed by atoms with Gasteiger partial charge in [-0.2, -0.15) is 5.26 Å². The van der Waals surface area contributed by atoms with Crippen LogP contribution in [-0.4, -0.2) is 7.11 Å². The molecule has 0 aromatic heterocycles. The molecule has 1 N–H and O–H groups in total. The molecular weight excluding hydrogens is 267 g/mol. The van der Waals surface area contributed by atoms with E-state index in [2.05, 4.69) is 11.4 Å². The van der Waals surface area contributed by atoms with E-state index >= 15 is 0 Å². The molecule has 2 rings (SSSR count). The molecule has 1 unspecified atom stereocenters. The van der Waals surface area contributed by atoms with E-state index in [0.29, 0.717) is 12.3 Å². The molecule has 21 heavy (non-hydrogen) atoms. The van der Waals surface area contributed by atoms with Crippen LogP contribution in [0.25, 0.3) is 0 Å². The molecule has 0 spiro atoms. The smallest absolute Gasteiger partial charge is 0.140 e. The lowest BCUT2D eigenvalue weighted by molar-refractivity contribution is 0.185. The molecule has 0 aliphatic rings. The third-order valence-electron chi connectivity index (χ3n) is 3.08. The van der Waals surface area contributed by atoms with E-state index in [0.717, 1.165) is 16.7 Å². The first-order valence-corrected chi connectivity index (χ1v) is 6.63. The van der Waals surface area contributed by atoms with Gasteiger partial charge < -0.3 is 10.1 Å². The number of nitriles is 1.